The Balaban J connectivity index is 0.00000182. The molecule has 0 atom stereocenters. The average molecular weight is 379 g/mol. The molecular formula is C17H19ClN4O2S. The third-order valence-electron chi connectivity index (χ3n) is 4.37. The van der Waals surface area contributed by atoms with Crippen LogP contribution in [0, 0.1) is 0 Å². The highest BCUT2D eigenvalue weighted by molar-refractivity contribution is 7.15. The summed E-state index contributed by atoms with van der Waals surface area (Å²) in [5.41, 5.74) is 8.02. The second kappa shape index (κ2) is 7.13. The average Bonchev–Trinajstić information content (AvgIpc) is 3.18. The van der Waals surface area contributed by atoms with Crippen molar-refractivity contribution in [3.05, 3.63) is 42.0 Å². The fourth-order valence-corrected chi connectivity index (χ4v) is 3.51. The molecular weight excluding hydrogens is 360 g/mol. The van der Waals surface area contributed by atoms with Gasteiger partial charge in [0, 0.05) is 42.2 Å². The summed E-state index contributed by atoms with van der Waals surface area (Å²) in [7, 11) is 0. The molecule has 3 aromatic rings. The van der Waals surface area contributed by atoms with Crippen LogP contribution in [0.4, 0.5) is 5.69 Å². The van der Waals surface area contributed by atoms with Gasteiger partial charge < -0.3 is 15.8 Å². The number of carbonyl (C=O) groups excluding carboxylic acids is 1. The van der Waals surface area contributed by atoms with E-state index in [4.69, 9.17) is 10.5 Å². The number of halogens is 1. The number of benzene rings is 1. The maximum absolute atomic E-state index is 12.4. The zero-order valence-electron chi connectivity index (χ0n) is 13.5. The van der Waals surface area contributed by atoms with Gasteiger partial charge in [-0.25, -0.2) is 4.98 Å². The summed E-state index contributed by atoms with van der Waals surface area (Å²) in [5.74, 6) is -0.152. The summed E-state index contributed by atoms with van der Waals surface area (Å²) in [6.45, 7) is 1.06. The van der Waals surface area contributed by atoms with Crippen molar-refractivity contribution in [2.24, 2.45) is 5.73 Å². The van der Waals surface area contributed by atoms with Gasteiger partial charge in [0.05, 0.1) is 5.69 Å². The molecule has 0 radical (unpaired) electrons. The number of hydrogen-bond acceptors (Lipinski definition) is 5. The monoisotopic (exact) mass is 378 g/mol. The minimum absolute atomic E-state index is 0. The highest BCUT2D eigenvalue weighted by Crippen LogP contribution is 2.24. The lowest BCUT2D eigenvalue weighted by Crippen LogP contribution is -2.54. The molecule has 132 valence electrons. The van der Waals surface area contributed by atoms with Crippen LogP contribution in [-0.4, -0.2) is 34.0 Å². The van der Waals surface area contributed by atoms with Gasteiger partial charge in [0.2, 0.25) is 5.91 Å². The number of ether oxygens (including phenoxy) is 1. The molecule has 1 amide bonds. The fourth-order valence-electron chi connectivity index (χ4n) is 2.81. The van der Waals surface area contributed by atoms with Gasteiger partial charge in [-0.1, -0.05) is 12.1 Å². The van der Waals surface area contributed by atoms with Gasteiger partial charge in [-0.2, -0.15) is 0 Å². The van der Waals surface area contributed by atoms with E-state index < -0.39 is 5.54 Å². The van der Waals surface area contributed by atoms with Gasteiger partial charge in [0.25, 0.3) is 0 Å². The molecule has 0 bridgehead atoms. The van der Waals surface area contributed by atoms with Crippen LogP contribution in [0.15, 0.2) is 42.0 Å². The highest BCUT2D eigenvalue weighted by atomic mass is 35.5. The molecule has 1 aromatic carbocycles. The van der Waals surface area contributed by atoms with Crippen LogP contribution in [0.2, 0.25) is 0 Å². The smallest absolute Gasteiger partial charge is 0.244 e. The van der Waals surface area contributed by atoms with Crippen molar-refractivity contribution < 1.29 is 9.53 Å². The lowest BCUT2D eigenvalue weighted by atomic mass is 9.90. The summed E-state index contributed by atoms with van der Waals surface area (Å²) >= 11 is 1.60. The van der Waals surface area contributed by atoms with E-state index in [0.29, 0.717) is 26.1 Å². The Kier molecular flexibility index (Phi) is 5.10. The molecule has 0 spiro atoms. The van der Waals surface area contributed by atoms with E-state index in [9.17, 15) is 4.79 Å². The Morgan fingerprint density at radius 1 is 1.28 bits per heavy atom. The number of anilines is 1. The van der Waals surface area contributed by atoms with Gasteiger partial charge in [0.15, 0.2) is 4.96 Å². The number of imidazole rings is 1. The quantitative estimate of drug-likeness (QED) is 0.734. The first-order valence-corrected chi connectivity index (χ1v) is 8.73. The van der Waals surface area contributed by atoms with E-state index in [1.165, 1.54) is 0 Å². The molecule has 1 aliphatic heterocycles. The minimum atomic E-state index is -0.842. The van der Waals surface area contributed by atoms with Crippen molar-refractivity contribution in [2.45, 2.75) is 18.4 Å². The first kappa shape index (κ1) is 17.9. The molecule has 0 aliphatic carbocycles. The van der Waals surface area contributed by atoms with E-state index >= 15 is 0 Å². The van der Waals surface area contributed by atoms with Gasteiger partial charge in [-0.3, -0.25) is 9.20 Å². The SMILES string of the molecule is Cl.NC1(C(=O)Nc2ccc(-c3cn4ccsc4n3)cc2)CCOCC1. The molecule has 0 saturated carbocycles. The van der Waals surface area contributed by atoms with Crippen LogP contribution in [0.1, 0.15) is 12.8 Å². The van der Waals surface area contributed by atoms with Gasteiger partial charge in [-0.15, -0.1) is 23.7 Å². The van der Waals surface area contributed by atoms with E-state index in [0.717, 1.165) is 21.9 Å². The zero-order valence-corrected chi connectivity index (χ0v) is 15.1. The standard InChI is InChI=1S/C17H18N4O2S.ClH/c18-17(5-8-23-9-6-17)15(22)19-13-3-1-12(2-4-13)14-11-21-7-10-24-16(21)20-14;/h1-4,7,10-11H,5-6,8-9,18H2,(H,19,22);1H. The van der Waals surface area contributed by atoms with Crippen LogP contribution < -0.4 is 11.1 Å². The number of fused-ring (bicyclic) bond motifs is 1. The number of hydrogen-bond donors (Lipinski definition) is 2. The molecule has 3 N–H and O–H groups in total. The number of thiazole rings is 1. The van der Waals surface area contributed by atoms with Gasteiger partial charge in [-0.05, 0) is 25.0 Å². The molecule has 4 rings (SSSR count). The Labute approximate surface area is 155 Å². The van der Waals surface area contributed by atoms with Crippen LogP contribution in [0.3, 0.4) is 0 Å². The third-order valence-corrected chi connectivity index (χ3v) is 5.14. The van der Waals surface area contributed by atoms with Crippen LogP contribution >= 0.6 is 23.7 Å². The van der Waals surface area contributed by atoms with Crippen LogP contribution in [0.5, 0.6) is 0 Å². The van der Waals surface area contributed by atoms with E-state index in [1.54, 1.807) is 11.3 Å². The predicted molar refractivity (Wildman–Crippen MR) is 101 cm³/mol. The maximum Gasteiger partial charge on any atom is 0.244 e. The molecule has 1 aliphatic rings. The lowest BCUT2D eigenvalue weighted by molar-refractivity contribution is -0.124. The Bertz CT molecular complexity index is 840. The van der Waals surface area contributed by atoms with Gasteiger partial charge >= 0.3 is 0 Å². The molecule has 2 aromatic heterocycles. The molecule has 25 heavy (non-hydrogen) atoms. The summed E-state index contributed by atoms with van der Waals surface area (Å²) in [6.07, 6.45) is 5.07. The minimum Gasteiger partial charge on any atom is -0.381 e. The summed E-state index contributed by atoms with van der Waals surface area (Å²) < 4.78 is 7.28. The first-order chi connectivity index (χ1) is 11.6. The number of carbonyl (C=O) groups is 1. The van der Waals surface area contributed by atoms with Crippen molar-refractivity contribution in [3.8, 4) is 11.3 Å². The third kappa shape index (κ3) is 3.55. The second-order valence-corrected chi connectivity index (χ2v) is 6.89. The number of nitrogens with zero attached hydrogens (tertiary/aromatic N) is 2. The molecule has 3 heterocycles. The van der Waals surface area contributed by atoms with Crippen LogP contribution in [0.25, 0.3) is 16.2 Å². The van der Waals surface area contributed by atoms with Gasteiger partial charge in [0.1, 0.15) is 5.54 Å². The largest absolute Gasteiger partial charge is 0.381 e. The van der Waals surface area contributed by atoms with E-state index in [-0.39, 0.29) is 18.3 Å². The van der Waals surface area contributed by atoms with Crippen molar-refractivity contribution in [3.63, 3.8) is 0 Å². The first-order valence-electron chi connectivity index (χ1n) is 7.85. The molecule has 1 saturated heterocycles. The van der Waals surface area contributed by atoms with Crippen molar-refractivity contribution in [2.75, 3.05) is 18.5 Å². The fraction of sp³-hybridized carbons (Fsp3) is 0.294. The molecule has 1 fully saturated rings. The Morgan fingerprint density at radius 2 is 2.00 bits per heavy atom. The lowest BCUT2D eigenvalue weighted by Gasteiger charge is -2.31. The molecule has 6 nitrogen and oxygen atoms in total. The van der Waals surface area contributed by atoms with E-state index in [1.807, 2.05) is 46.4 Å². The van der Waals surface area contributed by atoms with Crippen molar-refractivity contribution >= 4 is 40.3 Å². The molecule has 8 heteroatoms. The van der Waals surface area contributed by atoms with E-state index in [2.05, 4.69) is 10.3 Å². The number of rotatable bonds is 3. The Morgan fingerprint density at radius 3 is 2.68 bits per heavy atom. The maximum atomic E-state index is 12.4. The zero-order chi connectivity index (χ0) is 16.6. The highest BCUT2D eigenvalue weighted by Gasteiger charge is 2.35. The normalized spacial score (nSPS) is 16.4. The number of amides is 1. The Hall–Kier alpha value is -1.93. The number of nitrogens with two attached hydrogens (primary N) is 1. The van der Waals surface area contributed by atoms with Crippen LogP contribution in [-0.2, 0) is 9.53 Å². The summed E-state index contributed by atoms with van der Waals surface area (Å²) in [4.78, 5) is 18.0. The van der Waals surface area contributed by atoms with Crippen molar-refractivity contribution in [1.29, 1.82) is 0 Å². The number of aromatic nitrogens is 2. The molecule has 0 unspecified atom stereocenters. The topological polar surface area (TPSA) is 81.7 Å². The second-order valence-electron chi connectivity index (χ2n) is 6.02. The number of nitrogens with one attached hydrogen (secondary N) is 1. The van der Waals surface area contributed by atoms with Crippen molar-refractivity contribution in [1.82, 2.24) is 9.38 Å². The predicted octanol–water partition coefficient (Wildman–Crippen LogP) is 2.93. The summed E-state index contributed by atoms with van der Waals surface area (Å²) in [5, 5.41) is 4.91. The summed E-state index contributed by atoms with van der Waals surface area (Å²) in [6, 6.07) is 7.66.